The van der Waals surface area contributed by atoms with Crippen LogP contribution in [0.25, 0.3) is 0 Å². The van der Waals surface area contributed by atoms with Gasteiger partial charge in [-0.25, -0.2) is 8.42 Å². The lowest BCUT2D eigenvalue weighted by molar-refractivity contribution is -0.140. The minimum absolute atomic E-state index is 0.0502. The molecule has 35 heavy (non-hydrogen) atoms. The van der Waals surface area contributed by atoms with Crippen LogP contribution in [-0.2, 0) is 26.2 Å². The van der Waals surface area contributed by atoms with Gasteiger partial charge >= 0.3 is 0 Å². The molecule has 0 saturated carbocycles. The van der Waals surface area contributed by atoms with Crippen molar-refractivity contribution in [2.75, 3.05) is 23.7 Å². The molecule has 2 rings (SSSR count). The highest BCUT2D eigenvalue weighted by molar-refractivity contribution is 7.92. The van der Waals surface area contributed by atoms with E-state index in [9.17, 15) is 18.0 Å². The summed E-state index contributed by atoms with van der Waals surface area (Å²) in [7, 11) is -3.95. The normalized spacial score (nSPS) is 12.2. The molecule has 7 nitrogen and oxygen atoms in total. The van der Waals surface area contributed by atoms with E-state index in [1.165, 1.54) is 23.1 Å². The average Bonchev–Trinajstić information content (AvgIpc) is 2.78. The van der Waals surface area contributed by atoms with Crippen LogP contribution >= 0.6 is 46.4 Å². The number of hydrogen-bond donors (Lipinski definition) is 1. The van der Waals surface area contributed by atoms with Crippen molar-refractivity contribution in [2.45, 2.75) is 39.3 Å². The monoisotopic (exact) mass is 581 g/mol. The molecular formula is C23H27Cl4N3O4S. The van der Waals surface area contributed by atoms with Crippen LogP contribution in [-0.4, -0.2) is 50.5 Å². The van der Waals surface area contributed by atoms with Crippen molar-refractivity contribution in [3.05, 3.63) is 62.1 Å². The van der Waals surface area contributed by atoms with Gasteiger partial charge in [-0.05, 0) is 43.2 Å². The van der Waals surface area contributed by atoms with Gasteiger partial charge in [0.25, 0.3) is 0 Å². The molecule has 1 unspecified atom stereocenters. The van der Waals surface area contributed by atoms with E-state index >= 15 is 0 Å². The van der Waals surface area contributed by atoms with Crippen LogP contribution < -0.4 is 9.62 Å². The summed E-state index contributed by atoms with van der Waals surface area (Å²) < 4.78 is 26.2. The Balaban J connectivity index is 2.53. The maximum atomic E-state index is 13.7. The fraction of sp³-hybridized carbons (Fsp3) is 0.391. The van der Waals surface area contributed by atoms with Crippen LogP contribution in [0.3, 0.4) is 0 Å². The van der Waals surface area contributed by atoms with Crippen LogP contribution in [0.4, 0.5) is 5.69 Å². The molecule has 2 amide bonds. The van der Waals surface area contributed by atoms with Gasteiger partial charge < -0.3 is 10.2 Å². The van der Waals surface area contributed by atoms with Gasteiger partial charge in [0.15, 0.2) is 0 Å². The maximum absolute atomic E-state index is 13.7. The molecule has 0 aromatic heterocycles. The Bertz CT molecular complexity index is 1160. The number of sulfonamides is 1. The molecule has 0 spiro atoms. The summed E-state index contributed by atoms with van der Waals surface area (Å²) in [5, 5.41) is 3.77. The highest BCUT2D eigenvalue weighted by Gasteiger charge is 2.33. The first-order chi connectivity index (χ1) is 16.4. The van der Waals surface area contributed by atoms with Crippen LogP contribution in [0.1, 0.15) is 32.3 Å². The lowest BCUT2D eigenvalue weighted by Gasteiger charge is -2.33. The largest absolute Gasteiger partial charge is 0.354 e. The summed E-state index contributed by atoms with van der Waals surface area (Å²) in [6.45, 7) is 3.38. The number of carbonyl (C=O) groups excluding carboxylic acids is 2. The predicted octanol–water partition coefficient (Wildman–Crippen LogP) is 5.40. The zero-order valence-corrected chi connectivity index (χ0v) is 23.4. The van der Waals surface area contributed by atoms with Crippen molar-refractivity contribution in [2.24, 2.45) is 0 Å². The predicted molar refractivity (Wildman–Crippen MR) is 143 cm³/mol. The minimum Gasteiger partial charge on any atom is -0.354 e. The number of nitrogens with zero attached hydrogens (tertiary/aromatic N) is 2. The Kier molecular flexibility index (Phi) is 11.0. The molecule has 0 fully saturated rings. The summed E-state index contributed by atoms with van der Waals surface area (Å²) in [6, 6.07) is 8.33. The Morgan fingerprint density at radius 1 is 1.00 bits per heavy atom. The van der Waals surface area contributed by atoms with E-state index in [0.29, 0.717) is 28.6 Å². The maximum Gasteiger partial charge on any atom is 0.244 e. The van der Waals surface area contributed by atoms with E-state index in [0.717, 1.165) is 10.6 Å². The summed E-state index contributed by atoms with van der Waals surface area (Å²) in [5.74, 6) is -1.00. The smallest absolute Gasteiger partial charge is 0.244 e. The molecule has 2 aromatic rings. The first-order valence-corrected chi connectivity index (χ1v) is 14.2. The van der Waals surface area contributed by atoms with E-state index in [1.807, 2.05) is 6.92 Å². The third kappa shape index (κ3) is 7.89. The molecule has 0 bridgehead atoms. The number of nitrogens with one attached hydrogen (secondary N) is 1. The van der Waals surface area contributed by atoms with Crippen LogP contribution in [0.2, 0.25) is 20.1 Å². The molecule has 1 N–H and O–H groups in total. The Labute approximate surface area is 226 Å². The number of hydrogen-bond acceptors (Lipinski definition) is 4. The highest BCUT2D eigenvalue weighted by atomic mass is 35.5. The number of rotatable bonds is 11. The van der Waals surface area contributed by atoms with Gasteiger partial charge in [-0.1, -0.05) is 66.3 Å². The number of benzene rings is 2. The molecule has 0 heterocycles. The van der Waals surface area contributed by atoms with Gasteiger partial charge in [-0.2, -0.15) is 0 Å². The second kappa shape index (κ2) is 13.0. The molecule has 12 heteroatoms. The quantitative estimate of drug-likeness (QED) is 0.384. The molecule has 0 aliphatic carbocycles. The van der Waals surface area contributed by atoms with Gasteiger partial charge in [0.2, 0.25) is 21.8 Å². The van der Waals surface area contributed by atoms with E-state index in [1.54, 1.807) is 25.1 Å². The second-order valence-corrected chi connectivity index (χ2v) is 11.4. The van der Waals surface area contributed by atoms with Crippen LogP contribution in [0.5, 0.6) is 0 Å². The van der Waals surface area contributed by atoms with Crippen molar-refractivity contribution < 1.29 is 18.0 Å². The van der Waals surface area contributed by atoms with E-state index in [2.05, 4.69) is 5.32 Å². The van der Waals surface area contributed by atoms with E-state index in [-0.39, 0.29) is 34.6 Å². The van der Waals surface area contributed by atoms with Crippen molar-refractivity contribution in [3.8, 4) is 0 Å². The van der Waals surface area contributed by atoms with E-state index in [4.69, 9.17) is 46.4 Å². The van der Waals surface area contributed by atoms with Gasteiger partial charge in [-0.15, -0.1) is 0 Å². The lowest BCUT2D eigenvalue weighted by Crippen LogP contribution is -2.52. The molecule has 2 aromatic carbocycles. The summed E-state index contributed by atoms with van der Waals surface area (Å²) in [6.07, 6.45) is 1.94. The summed E-state index contributed by atoms with van der Waals surface area (Å²) in [4.78, 5) is 27.9. The first kappa shape index (κ1) is 29.5. The van der Waals surface area contributed by atoms with Crippen LogP contribution in [0.15, 0.2) is 36.4 Å². The van der Waals surface area contributed by atoms with Crippen molar-refractivity contribution in [1.29, 1.82) is 0 Å². The first-order valence-electron chi connectivity index (χ1n) is 10.8. The zero-order valence-electron chi connectivity index (χ0n) is 19.5. The summed E-state index contributed by atoms with van der Waals surface area (Å²) in [5.41, 5.74) is 0.492. The van der Waals surface area contributed by atoms with Crippen molar-refractivity contribution >= 4 is 73.9 Å². The number of anilines is 1. The fourth-order valence-electron chi connectivity index (χ4n) is 3.41. The third-order valence-electron chi connectivity index (χ3n) is 5.18. The number of amides is 2. The Hall–Kier alpha value is -1.71. The Morgan fingerprint density at radius 3 is 2.17 bits per heavy atom. The SMILES string of the molecule is CCCNC(=O)C(CC)N(Cc1c(Cl)cccc1Cl)C(=O)CN(c1cc(Cl)ccc1Cl)S(C)(=O)=O. The minimum atomic E-state index is -3.95. The second-order valence-electron chi connectivity index (χ2n) is 7.80. The topological polar surface area (TPSA) is 86.8 Å². The fourth-order valence-corrected chi connectivity index (χ4v) is 5.22. The standard InChI is InChI=1S/C23H27Cl4N3O4S/c1-4-11-28-23(32)20(5-2)29(13-16-17(25)7-6-8-18(16)26)22(31)14-30(35(3,33)34)21-12-15(24)9-10-19(21)27/h6-10,12,20H,4-5,11,13-14H2,1-3H3,(H,28,32). The molecule has 1 atom stereocenters. The average molecular weight is 583 g/mol. The summed E-state index contributed by atoms with van der Waals surface area (Å²) >= 11 is 25.0. The highest BCUT2D eigenvalue weighted by Crippen LogP contribution is 2.31. The van der Waals surface area contributed by atoms with Gasteiger partial charge in [0.05, 0.1) is 17.0 Å². The molecule has 0 aliphatic rings. The zero-order chi connectivity index (χ0) is 26.3. The van der Waals surface area contributed by atoms with Gasteiger partial charge in [-0.3, -0.25) is 13.9 Å². The van der Waals surface area contributed by atoms with E-state index < -0.39 is 28.5 Å². The number of carbonyl (C=O) groups is 2. The van der Waals surface area contributed by atoms with Crippen LogP contribution in [0, 0.1) is 0 Å². The molecule has 0 radical (unpaired) electrons. The van der Waals surface area contributed by atoms with Crippen molar-refractivity contribution in [3.63, 3.8) is 0 Å². The van der Waals surface area contributed by atoms with Gasteiger partial charge in [0, 0.05) is 33.7 Å². The molecule has 0 saturated heterocycles. The molecule has 0 aliphatic heterocycles. The molecule has 192 valence electrons. The third-order valence-corrected chi connectivity index (χ3v) is 7.57. The number of halogens is 4. The lowest BCUT2D eigenvalue weighted by atomic mass is 10.1. The molecular weight excluding hydrogens is 556 g/mol. The Morgan fingerprint density at radius 2 is 1.63 bits per heavy atom. The van der Waals surface area contributed by atoms with Gasteiger partial charge in [0.1, 0.15) is 12.6 Å². The van der Waals surface area contributed by atoms with Crippen molar-refractivity contribution in [1.82, 2.24) is 10.2 Å².